The van der Waals surface area contributed by atoms with Gasteiger partial charge in [-0.2, -0.15) is 26.0 Å². The Kier molecular flexibility index (Phi) is 3.89. The highest BCUT2D eigenvalue weighted by atomic mass is 32.2. The molecule has 0 aliphatic carbocycles. The molecule has 0 aliphatic heterocycles. The van der Waals surface area contributed by atoms with Gasteiger partial charge in [-0.3, -0.25) is 0 Å². The zero-order valence-corrected chi connectivity index (χ0v) is 8.04. The molecule has 0 aromatic rings. The fraction of sp³-hybridized carbons (Fsp3) is 0.833. The second kappa shape index (κ2) is 4.08. The van der Waals surface area contributed by atoms with Crippen LogP contribution in [-0.2, 0) is 10.0 Å². The van der Waals surface area contributed by atoms with E-state index in [0.29, 0.717) is 0 Å². The summed E-state index contributed by atoms with van der Waals surface area (Å²) in [6.45, 7) is 3.10. The Bertz CT molecular complexity index is 285. The third-order valence-corrected chi connectivity index (χ3v) is 2.44. The summed E-state index contributed by atoms with van der Waals surface area (Å²) in [7, 11) is -5.33. The van der Waals surface area contributed by atoms with Crippen LogP contribution in [0.15, 0.2) is 4.40 Å². The van der Waals surface area contributed by atoms with E-state index in [2.05, 4.69) is 4.40 Å². The smallest absolute Gasteiger partial charge is 0.195 e. The molecule has 3 nitrogen and oxygen atoms in total. The van der Waals surface area contributed by atoms with Gasteiger partial charge in [0.2, 0.25) is 0 Å². The molecule has 0 atom stereocenters. The van der Waals surface area contributed by atoms with Crippen LogP contribution in [0, 0.1) is 0 Å². The monoisotopic (exact) mass is 217 g/mol. The number of nitrogens with zero attached hydrogens (tertiary/aromatic N) is 1. The Hall–Kier alpha value is -0.590. The maximum Gasteiger partial charge on any atom is 0.518 e. The molecule has 0 rings (SSSR count). The largest absolute Gasteiger partial charge is 0.518 e. The van der Waals surface area contributed by atoms with Gasteiger partial charge in [-0.1, -0.05) is 13.8 Å². The molecule has 0 saturated carbocycles. The van der Waals surface area contributed by atoms with E-state index >= 15 is 0 Å². The predicted octanol–water partition coefficient (Wildman–Crippen LogP) is 2.10. The van der Waals surface area contributed by atoms with Gasteiger partial charge in [-0.05, 0) is 12.8 Å². The van der Waals surface area contributed by atoms with E-state index in [1.807, 2.05) is 0 Å². The summed E-state index contributed by atoms with van der Waals surface area (Å²) in [5.74, 6) is 0. The summed E-state index contributed by atoms with van der Waals surface area (Å²) < 4.78 is 58.9. The minimum atomic E-state index is -5.33. The van der Waals surface area contributed by atoms with E-state index in [9.17, 15) is 21.6 Å². The van der Waals surface area contributed by atoms with Crippen molar-refractivity contribution in [2.45, 2.75) is 32.2 Å². The first-order chi connectivity index (χ1) is 5.74. The average Bonchev–Trinajstić information content (AvgIpc) is 1.98. The maximum atomic E-state index is 11.8. The van der Waals surface area contributed by atoms with Gasteiger partial charge in [0.05, 0.1) is 0 Å². The molecule has 0 heterocycles. The zero-order chi connectivity index (χ0) is 10.7. The molecule has 0 N–H and O–H groups in total. The summed E-state index contributed by atoms with van der Waals surface area (Å²) in [5.41, 5.74) is -5.26. The highest BCUT2D eigenvalue weighted by Gasteiger charge is 2.45. The minimum Gasteiger partial charge on any atom is -0.195 e. The van der Waals surface area contributed by atoms with Gasteiger partial charge in [0.25, 0.3) is 0 Å². The van der Waals surface area contributed by atoms with Crippen molar-refractivity contribution in [2.75, 3.05) is 0 Å². The molecule has 0 spiro atoms. The van der Waals surface area contributed by atoms with Crippen LogP contribution in [0.3, 0.4) is 0 Å². The van der Waals surface area contributed by atoms with Gasteiger partial charge >= 0.3 is 15.5 Å². The molecule has 0 amide bonds. The van der Waals surface area contributed by atoms with Gasteiger partial charge in [0.15, 0.2) is 0 Å². The Labute approximate surface area is 74.7 Å². The first-order valence-electron chi connectivity index (χ1n) is 3.63. The molecule has 0 fully saturated rings. The first-order valence-corrected chi connectivity index (χ1v) is 5.07. The zero-order valence-electron chi connectivity index (χ0n) is 7.22. The Morgan fingerprint density at radius 1 is 1.23 bits per heavy atom. The molecule has 0 radical (unpaired) electrons. The normalized spacial score (nSPS) is 12.7. The van der Waals surface area contributed by atoms with E-state index in [1.165, 1.54) is 0 Å². The van der Waals surface area contributed by atoms with Crippen LogP contribution in [0.4, 0.5) is 13.2 Å². The number of halogens is 3. The number of alkyl halides is 3. The van der Waals surface area contributed by atoms with Gasteiger partial charge < -0.3 is 0 Å². The fourth-order valence-electron chi connectivity index (χ4n) is 0.601. The Morgan fingerprint density at radius 2 is 1.62 bits per heavy atom. The van der Waals surface area contributed by atoms with Crippen LogP contribution in [0.25, 0.3) is 0 Å². The SMILES string of the molecule is CCC(CC)=NS(=O)(=O)C(F)(F)F. The number of hydrogen-bond donors (Lipinski definition) is 0. The third-order valence-electron chi connectivity index (χ3n) is 1.36. The summed E-state index contributed by atoms with van der Waals surface area (Å²) >= 11 is 0. The van der Waals surface area contributed by atoms with Crippen LogP contribution in [0.5, 0.6) is 0 Å². The van der Waals surface area contributed by atoms with Crippen LogP contribution < -0.4 is 0 Å². The standard InChI is InChI=1S/C6H10F3NO2S/c1-3-5(4-2)10-13(11,12)6(7,8)9/h3-4H2,1-2H3. The van der Waals surface area contributed by atoms with Crippen molar-refractivity contribution >= 4 is 15.7 Å². The highest BCUT2D eigenvalue weighted by Crippen LogP contribution is 2.25. The topological polar surface area (TPSA) is 46.5 Å². The van der Waals surface area contributed by atoms with Gasteiger partial charge in [0, 0.05) is 5.71 Å². The van der Waals surface area contributed by atoms with Crippen LogP contribution in [0.2, 0.25) is 0 Å². The predicted molar refractivity (Wildman–Crippen MR) is 43.0 cm³/mol. The number of rotatable bonds is 3. The lowest BCUT2D eigenvalue weighted by Gasteiger charge is -2.04. The molecule has 0 unspecified atom stereocenters. The maximum absolute atomic E-state index is 11.8. The van der Waals surface area contributed by atoms with Crippen molar-refractivity contribution in [3.8, 4) is 0 Å². The van der Waals surface area contributed by atoms with Crippen molar-refractivity contribution in [3.63, 3.8) is 0 Å². The first kappa shape index (κ1) is 12.4. The summed E-state index contributed by atoms with van der Waals surface area (Å²) in [6, 6.07) is 0. The van der Waals surface area contributed by atoms with Gasteiger partial charge in [-0.25, -0.2) is 0 Å². The second-order valence-corrected chi connectivity index (χ2v) is 3.88. The number of hydrogen-bond acceptors (Lipinski definition) is 2. The molecule has 13 heavy (non-hydrogen) atoms. The van der Waals surface area contributed by atoms with Crippen molar-refractivity contribution < 1.29 is 21.6 Å². The van der Waals surface area contributed by atoms with E-state index in [0.717, 1.165) is 0 Å². The summed E-state index contributed by atoms with van der Waals surface area (Å²) in [5, 5.41) is 0. The van der Waals surface area contributed by atoms with Gasteiger partial charge in [-0.15, -0.1) is 0 Å². The molecule has 0 aromatic carbocycles. The average molecular weight is 217 g/mol. The Balaban J connectivity index is 5.00. The second-order valence-electron chi connectivity index (χ2n) is 2.29. The fourth-order valence-corrected chi connectivity index (χ4v) is 1.30. The quantitative estimate of drug-likeness (QED) is 0.679. The van der Waals surface area contributed by atoms with Crippen molar-refractivity contribution in [2.24, 2.45) is 4.40 Å². The van der Waals surface area contributed by atoms with E-state index < -0.39 is 15.5 Å². The molecule has 0 aromatic heterocycles. The van der Waals surface area contributed by atoms with E-state index in [4.69, 9.17) is 0 Å². The van der Waals surface area contributed by atoms with E-state index in [-0.39, 0.29) is 18.6 Å². The Morgan fingerprint density at radius 3 is 1.85 bits per heavy atom. The molecule has 7 heteroatoms. The van der Waals surface area contributed by atoms with Gasteiger partial charge in [0.1, 0.15) is 0 Å². The van der Waals surface area contributed by atoms with E-state index in [1.54, 1.807) is 13.8 Å². The lowest BCUT2D eigenvalue weighted by atomic mass is 10.2. The van der Waals surface area contributed by atoms with Crippen molar-refractivity contribution in [1.82, 2.24) is 0 Å². The highest BCUT2D eigenvalue weighted by molar-refractivity contribution is 7.91. The van der Waals surface area contributed by atoms with Crippen LogP contribution in [-0.4, -0.2) is 19.6 Å². The van der Waals surface area contributed by atoms with Crippen molar-refractivity contribution in [3.05, 3.63) is 0 Å². The molecule has 78 valence electrons. The third kappa shape index (κ3) is 3.33. The van der Waals surface area contributed by atoms with Crippen LogP contribution >= 0.6 is 0 Å². The molecular weight excluding hydrogens is 207 g/mol. The van der Waals surface area contributed by atoms with Crippen LogP contribution in [0.1, 0.15) is 26.7 Å². The molecule has 0 aliphatic rings. The molecule has 0 bridgehead atoms. The summed E-state index contributed by atoms with van der Waals surface area (Å²) in [6.07, 6.45) is 0.400. The van der Waals surface area contributed by atoms with Crippen molar-refractivity contribution in [1.29, 1.82) is 0 Å². The minimum absolute atomic E-state index is 0.0253. The number of sulfonamides is 1. The summed E-state index contributed by atoms with van der Waals surface area (Å²) in [4.78, 5) is 0. The molecular formula is C6H10F3NO2S. The lowest BCUT2D eigenvalue weighted by Crippen LogP contribution is -2.22. The molecule has 0 saturated heterocycles. The lowest BCUT2D eigenvalue weighted by molar-refractivity contribution is -0.0435.